The van der Waals surface area contributed by atoms with E-state index in [0.29, 0.717) is 46.5 Å². The number of fused-ring (bicyclic) bond motifs is 2. The number of imidazole rings is 1. The van der Waals surface area contributed by atoms with Crippen LogP contribution in [0.15, 0.2) is 55.0 Å². The molecule has 37 heavy (non-hydrogen) atoms. The van der Waals surface area contributed by atoms with Gasteiger partial charge in [-0.05, 0) is 32.0 Å². The van der Waals surface area contributed by atoms with E-state index in [9.17, 15) is 9.18 Å². The Balaban J connectivity index is 1.48. The predicted molar refractivity (Wildman–Crippen MR) is 136 cm³/mol. The monoisotopic (exact) mass is 497 g/mol. The fourth-order valence-corrected chi connectivity index (χ4v) is 4.56. The molecular weight excluding hydrogens is 473 g/mol. The SMILES string of the molecule is Cn1ccnc1CNc1nc(-c2nn(Cc3ccccc3F)c3ncccc23)nc2c1C(C)(C)C(=O)N2. The lowest BCUT2D eigenvalue weighted by molar-refractivity contribution is -0.119. The summed E-state index contributed by atoms with van der Waals surface area (Å²) in [6.45, 7) is 4.27. The number of carbonyl (C=O) groups excluding carboxylic acids is 1. The maximum absolute atomic E-state index is 14.4. The van der Waals surface area contributed by atoms with Gasteiger partial charge in [0.1, 0.15) is 29.0 Å². The molecular formula is C26H24FN9O. The number of rotatable bonds is 6. The molecule has 0 fully saturated rings. The van der Waals surface area contributed by atoms with E-state index >= 15 is 0 Å². The Morgan fingerprint density at radius 2 is 1.92 bits per heavy atom. The minimum atomic E-state index is -0.828. The summed E-state index contributed by atoms with van der Waals surface area (Å²) in [7, 11) is 1.91. The molecule has 4 aromatic heterocycles. The highest BCUT2D eigenvalue weighted by Crippen LogP contribution is 2.42. The van der Waals surface area contributed by atoms with Gasteiger partial charge in [-0.3, -0.25) is 4.79 Å². The molecule has 0 radical (unpaired) electrons. The van der Waals surface area contributed by atoms with E-state index in [1.807, 2.05) is 37.7 Å². The highest BCUT2D eigenvalue weighted by molar-refractivity contribution is 6.06. The number of benzene rings is 1. The van der Waals surface area contributed by atoms with Crippen LogP contribution in [-0.2, 0) is 30.3 Å². The number of anilines is 2. The third-order valence-corrected chi connectivity index (χ3v) is 6.67. The molecule has 0 aliphatic carbocycles. The molecule has 0 bridgehead atoms. The summed E-state index contributed by atoms with van der Waals surface area (Å²) in [6.07, 6.45) is 5.25. The molecule has 10 nitrogen and oxygen atoms in total. The normalized spacial score (nSPS) is 14.1. The van der Waals surface area contributed by atoms with Crippen molar-refractivity contribution in [3.8, 4) is 11.5 Å². The Morgan fingerprint density at radius 3 is 2.70 bits per heavy atom. The molecule has 1 aliphatic rings. The van der Waals surface area contributed by atoms with Crippen LogP contribution in [0, 0.1) is 5.82 Å². The summed E-state index contributed by atoms with van der Waals surface area (Å²) in [5.74, 6) is 1.61. The summed E-state index contributed by atoms with van der Waals surface area (Å²) < 4.78 is 18.0. The maximum Gasteiger partial charge on any atom is 0.235 e. The smallest absolute Gasteiger partial charge is 0.235 e. The number of carbonyl (C=O) groups is 1. The van der Waals surface area contributed by atoms with E-state index in [4.69, 9.17) is 15.1 Å². The van der Waals surface area contributed by atoms with Crippen LogP contribution in [-0.4, -0.2) is 40.2 Å². The molecule has 1 aliphatic heterocycles. The van der Waals surface area contributed by atoms with Gasteiger partial charge in [0, 0.05) is 31.2 Å². The van der Waals surface area contributed by atoms with Crippen molar-refractivity contribution in [1.82, 2.24) is 34.3 Å². The number of nitrogens with one attached hydrogen (secondary N) is 2. The van der Waals surface area contributed by atoms with Crippen LogP contribution < -0.4 is 10.6 Å². The third-order valence-electron chi connectivity index (χ3n) is 6.67. The lowest BCUT2D eigenvalue weighted by Gasteiger charge is -2.19. The predicted octanol–water partition coefficient (Wildman–Crippen LogP) is 3.65. The van der Waals surface area contributed by atoms with E-state index in [-0.39, 0.29) is 18.3 Å². The van der Waals surface area contributed by atoms with Gasteiger partial charge in [0.2, 0.25) is 5.91 Å². The first-order valence-electron chi connectivity index (χ1n) is 11.8. The van der Waals surface area contributed by atoms with Crippen molar-refractivity contribution in [1.29, 1.82) is 0 Å². The van der Waals surface area contributed by atoms with Gasteiger partial charge in [0.15, 0.2) is 11.5 Å². The molecule has 5 heterocycles. The quantitative estimate of drug-likeness (QED) is 0.368. The Bertz CT molecular complexity index is 1670. The van der Waals surface area contributed by atoms with Crippen LogP contribution in [0.4, 0.5) is 16.0 Å². The van der Waals surface area contributed by atoms with Crippen molar-refractivity contribution in [2.24, 2.45) is 7.05 Å². The second-order valence-corrected chi connectivity index (χ2v) is 9.48. The van der Waals surface area contributed by atoms with Gasteiger partial charge in [0.05, 0.1) is 29.5 Å². The van der Waals surface area contributed by atoms with E-state index < -0.39 is 5.41 Å². The topological polar surface area (TPSA) is 115 Å². The summed E-state index contributed by atoms with van der Waals surface area (Å²) in [4.78, 5) is 31.2. The maximum atomic E-state index is 14.4. The fourth-order valence-electron chi connectivity index (χ4n) is 4.56. The first-order valence-corrected chi connectivity index (χ1v) is 11.8. The number of hydrogen-bond donors (Lipinski definition) is 2. The Morgan fingerprint density at radius 1 is 1.08 bits per heavy atom. The van der Waals surface area contributed by atoms with Crippen LogP contribution >= 0.6 is 0 Å². The fraction of sp³-hybridized carbons (Fsp3) is 0.231. The van der Waals surface area contributed by atoms with Gasteiger partial charge in [-0.2, -0.15) is 5.10 Å². The van der Waals surface area contributed by atoms with E-state index in [0.717, 1.165) is 11.2 Å². The molecule has 186 valence electrons. The molecule has 1 amide bonds. The Labute approximate surface area is 211 Å². The van der Waals surface area contributed by atoms with E-state index in [2.05, 4.69) is 20.6 Å². The van der Waals surface area contributed by atoms with Crippen molar-refractivity contribution in [2.75, 3.05) is 10.6 Å². The summed E-state index contributed by atoms with van der Waals surface area (Å²) in [6, 6.07) is 10.3. The number of aryl methyl sites for hydroxylation is 1. The molecule has 5 aromatic rings. The van der Waals surface area contributed by atoms with Crippen molar-refractivity contribution >= 4 is 28.6 Å². The first kappa shape index (κ1) is 22.8. The van der Waals surface area contributed by atoms with Crippen LogP contribution in [0.3, 0.4) is 0 Å². The Hall–Kier alpha value is -4.67. The lowest BCUT2D eigenvalue weighted by Crippen LogP contribution is -2.28. The zero-order chi connectivity index (χ0) is 25.7. The largest absolute Gasteiger partial charge is 0.362 e. The summed E-state index contributed by atoms with van der Waals surface area (Å²) >= 11 is 0. The molecule has 1 aromatic carbocycles. The molecule has 0 atom stereocenters. The van der Waals surface area contributed by atoms with E-state index in [1.165, 1.54) is 6.07 Å². The van der Waals surface area contributed by atoms with Crippen LogP contribution in [0.25, 0.3) is 22.6 Å². The summed E-state index contributed by atoms with van der Waals surface area (Å²) in [5.41, 5.74) is 1.41. The second kappa shape index (κ2) is 8.47. The number of aromatic nitrogens is 7. The molecule has 6 rings (SSSR count). The molecule has 2 N–H and O–H groups in total. The molecule has 0 saturated carbocycles. The van der Waals surface area contributed by atoms with Crippen molar-refractivity contribution in [3.63, 3.8) is 0 Å². The number of hydrogen-bond acceptors (Lipinski definition) is 7. The first-order chi connectivity index (χ1) is 17.8. The number of amides is 1. The van der Waals surface area contributed by atoms with Gasteiger partial charge >= 0.3 is 0 Å². The molecule has 11 heteroatoms. The minimum absolute atomic E-state index is 0.161. The zero-order valence-electron chi connectivity index (χ0n) is 20.5. The van der Waals surface area contributed by atoms with Gasteiger partial charge in [-0.25, -0.2) is 29.0 Å². The average Bonchev–Trinajstić information content (AvgIpc) is 3.53. The molecule has 0 spiro atoms. The highest BCUT2D eigenvalue weighted by atomic mass is 19.1. The second-order valence-electron chi connectivity index (χ2n) is 9.48. The highest BCUT2D eigenvalue weighted by Gasteiger charge is 2.43. The lowest BCUT2D eigenvalue weighted by atomic mass is 9.87. The third kappa shape index (κ3) is 3.79. The number of halogens is 1. The van der Waals surface area contributed by atoms with Gasteiger partial charge in [-0.1, -0.05) is 18.2 Å². The van der Waals surface area contributed by atoms with Crippen LogP contribution in [0.5, 0.6) is 0 Å². The Kier molecular flexibility index (Phi) is 5.21. The van der Waals surface area contributed by atoms with Crippen molar-refractivity contribution < 1.29 is 9.18 Å². The summed E-state index contributed by atoms with van der Waals surface area (Å²) in [5, 5.41) is 11.7. The zero-order valence-corrected chi connectivity index (χ0v) is 20.5. The number of nitrogens with zero attached hydrogens (tertiary/aromatic N) is 7. The molecule has 0 unspecified atom stereocenters. The van der Waals surface area contributed by atoms with Crippen LogP contribution in [0.1, 0.15) is 30.8 Å². The van der Waals surface area contributed by atoms with Gasteiger partial charge < -0.3 is 15.2 Å². The van der Waals surface area contributed by atoms with Gasteiger partial charge in [-0.15, -0.1) is 0 Å². The van der Waals surface area contributed by atoms with Crippen LogP contribution in [0.2, 0.25) is 0 Å². The van der Waals surface area contributed by atoms with Gasteiger partial charge in [0.25, 0.3) is 0 Å². The minimum Gasteiger partial charge on any atom is -0.362 e. The van der Waals surface area contributed by atoms with E-state index in [1.54, 1.807) is 41.3 Å². The van der Waals surface area contributed by atoms with Crippen molar-refractivity contribution in [2.45, 2.75) is 32.4 Å². The van der Waals surface area contributed by atoms with Crippen molar-refractivity contribution in [3.05, 3.63) is 77.8 Å². The average molecular weight is 498 g/mol. The molecule has 0 saturated heterocycles. The number of pyridine rings is 1. The standard InChI is InChI=1S/C26H24FN9O/c1-26(2)19-21(30-13-18-28-11-12-35(18)3)31-23(32-22(19)33-25(26)37)20-16-8-6-10-29-24(16)36(34-20)14-15-7-4-5-9-17(15)27/h4-12H,13-14H2,1-3H3,(H2,30,31,32,33,37).